The Hall–Kier alpha value is -1.06. The molecule has 88 valence electrons. The molecule has 1 unspecified atom stereocenters. The van der Waals surface area contributed by atoms with E-state index in [1.807, 2.05) is 0 Å². The number of nitrogens with two attached hydrogens (primary N) is 1. The van der Waals surface area contributed by atoms with Gasteiger partial charge in [0.15, 0.2) is 0 Å². The second kappa shape index (κ2) is 8.26. The van der Waals surface area contributed by atoms with Crippen molar-refractivity contribution in [2.75, 3.05) is 0 Å². The first-order valence-corrected chi connectivity index (χ1v) is 5.61. The SMILES string of the molecule is CCCCCCCCC(C(N)=O)C(=O)O. The number of carbonyl (C=O) groups is 2. The van der Waals surface area contributed by atoms with E-state index in [0.717, 1.165) is 19.3 Å². The summed E-state index contributed by atoms with van der Waals surface area (Å²) in [5, 5.41) is 8.68. The highest BCUT2D eigenvalue weighted by Crippen LogP contribution is 2.12. The van der Waals surface area contributed by atoms with Gasteiger partial charge in [-0.2, -0.15) is 0 Å². The third kappa shape index (κ3) is 6.94. The van der Waals surface area contributed by atoms with Gasteiger partial charge in [0.05, 0.1) is 0 Å². The number of amides is 1. The summed E-state index contributed by atoms with van der Waals surface area (Å²) in [7, 11) is 0. The monoisotopic (exact) mass is 215 g/mol. The Morgan fingerprint density at radius 1 is 1.13 bits per heavy atom. The predicted octanol–water partition coefficient (Wildman–Crippen LogP) is 1.92. The fourth-order valence-corrected chi connectivity index (χ4v) is 1.52. The number of unbranched alkanes of at least 4 members (excludes halogenated alkanes) is 5. The zero-order chi connectivity index (χ0) is 11.7. The molecule has 3 N–H and O–H groups in total. The highest BCUT2D eigenvalue weighted by molar-refractivity contribution is 5.95. The van der Waals surface area contributed by atoms with Crippen LogP contribution < -0.4 is 5.73 Å². The molecule has 0 aromatic carbocycles. The Bertz CT molecular complexity index is 190. The molecule has 15 heavy (non-hydrogen) atoms. The molecule has 0 saturated heterocycles. The van der Waals surface area contributed by atoms with Gasteiger partial charge in [0, 0.05) is 0 Å². The number of primary amides is 1. The van der Waals surface area contributed by atoms with Crippen LogP contribution in [0, 0.1) is 5.92 Å². The summed E-state index contributed by atoms with van der Waals surface area (Å²) >= 11 is 0. The number of rotatable bonds is 9. The van der Waals surface area contributed by atoms with E-state index in [4.69, 9.17) is 10.8 Å². The lowest BCUT2D eigenvalue weighted by Gasteiger charge is -2.07. The highest BCUT2D eigenvalue weighted by Gasteiger charge is 2.22. The maximum absolute atomic E-state index is 10.7. The van der Waals surface area contributed by atoms with Crippen molar-refractivity contribution >= 4 is 11.9 Å². The van der Waals surface area contributed by atoms with E-state index < -0.39 is 17.8 Å². The molecule has 0 heterocycles. The predicted molar refractivity (Wildman–Crippen MR) is 58.3 cm³/mol. The van der Waals surface area contributed by atoms with Crippen molar-refractivity contribution in [3.8, 4) is 0 Å². The first kappa shape index (κ1) is 13.9. The van der Waals surface area contributed by atoms with Crippen molar-refractivity contribution in [3.63, 3.8) is 0 Å². The van der Waals surface area contributed by atoms with Gasteiger partial charge < -0.3 is 10.8 Å². The second-order valence-electron chi connectivity index (χ2n) is 3.85. The lowest BCUT2D eigenvalue weighted by molar-refractivity contribution is -0.146. The Morgan fingerprint density at radius 2 is 1.67 bits per heavy atom. The van der Waals surface area contributed by atoms with Crippen molar-refractivity contribution < 1.29 is 14.7 Å². The highest BCUT2D eigenvalue weighted by atomic mass is 16.4. The zero-order valence-electron chi connectivity index (χ0n) is 9.37. The van der Waals surface area contributed by atoms with Crippen LogP contribution in [0.15, 0.2) is 0 Å². The number of hydrogen-bond donors (Lipinski definition) is 2. The fraction of sp³-hybridized carbons (Fsp3) is 0.818. The van der Waals surface area contributed by atoms with Crippen LogP contribution in [0.4, 0.5) is 0 Å². The molecule has 4 nitrogen and oxygen atoms in total. The molecule has 0 spiro atoms. The molecule has 4 heteroatoms. The Morgan fingerprint density at radius 3 is 2.13 bits per heavy atom. The molecule has 0 aliphatic heterocycles. The van der Waals surface area contributed by atoms with Crippen LogP contribution in [-0.2, 0) is 9.59 Å². The van der Waals surface area contributed by atoms with Gasteiger partial charge in [-0.05, 0) is 6.42 Å². The lowest BCUT2D eigenvalue weighted by atomic mass is 10.00. The fourth-order valence-electron chi connectivity index (χ4n) is 1.52. The Labute approximate surface area is 90.8 Å². The van der Waals surface area contributed by atoms with Gasteiger partial charge in [0.25, 0.3) is 0 Å². The first-order chi connectivity index (χ1) is 7.09. The van der Waals surface area contributed by atoms with Crippen LogP contribution in [-0.4, -0.2) is 17.0 Å². The standard InChI is InChI=1S/C11H21NO3/c1-2-3-4-5-6-7-8-9(10(12)13)11(14)15/h9H,2-8H2,1H3,(H2,12,13)(H,14,15). The van der Waals surface area contributed by atoms with E-state index in [1.54, 1.807) is 0 Å². The summed E-state index contributed by atoms with van der Waals surface area (Å²) < 4.78 is 0. The van der Waals surface area contributed by atoms with Crippen molar-refractivity contribution in [2.24, 2.45) is 11.7 Å². The van der Waals surface area contributed by atoms with Crippen molar-refractivity contribution in [1.82, 2.24) is 0 Å². The summed E-state index contributed by atoms with van der Waals surface area (Å²) in [5.41, 5.74) is 4.98. The summed E-state index contributed by atoms with van der Waals surface area (Å²) in [6, 6.07) is 0. The van der Waals surface area contributed by atoms with E-state index in [9.17, 15) is 9.59 Å². The molecule has 0 rings (SSSR count). The van der Waals surface area contributed by atoms with Gasteiger partial charge in [0.2, 0.25) is 5.91 Å². The Balaban J connectivity index is 3.55. The van der Waals surface area contributed by atoms with E-state index in [0.29, 0.717) is 6.42 Å². The minimum Gasteiger partial charge on any atom is -0.481 e. The average molecular weight is 215 g/mol. The van der Waals surface area contributed by atoms with E-state index in [-0.39, 0.29) is 0 Å². The lowest BCUT2D eigenvalue weighted by Crippen LogP contribution is -2.30. The normalized spacial score (nSPS) is 12.3. The Kier molecular flexibility index (Phi) is 7.68. The molecule has 0 aliphatic carbocycles. The summed E-state index contributed by atoms with van der Waals surface area (Å²) in [4.78, 5) is 21.4. The smallest absolute Gasteiger partial charge is 0.316 e. The molecule has 0 aromatic rings. The number of aliphatic carboxylic acids is 1. The van der Waals surface area contributed by atoms with Gasteiger partial charge in [0.1, 0.15) is 5.92 Å². The van der Waals surface area contributed by atoms with Gasteiger partial charge in [-0.3, -0.25) is 9.59 Å². The number of carboxylic acid groups (broad SMARTS) is 1. The van der Waals surface area contributed by atoms with Crippen molar-refractivity contribution in [3.05, 3.63) is 0 Å². The molecule has 1 amide bonds. The van der Waals surface area contributed by atoms with Gasteiger partial charge in [-0.1, -0.05) is 45.4 Å². The number of hydrogen-bond acceptors (Lipinski definition) is 2. The third-order valence-electron chi connectivity index (χ3n) is 2.49. The molecule has 0 bridgehead atoms. The third-order valence-corrected chi connectivity index (χ3v) is 2.49. The van der Waals surface area contributed by atoms with Crippen LogP contribution in [0.2, 0.25) is 0 Å². The van der Waals surface area contributed by atoms with Gasteiger partial charge >= 0.3 is 5.97 Å². The quantitative estimate of drug-likeness (QED) is 0.455. The van der Waals surface area contributed by atoms with E-state index in [1.165, 1.54) is 19.3 Å². The first-order valence-electron chi connectivity index (χ1n) is 5.61. The summed E-state index contributed by atoms with van der Waals surface area (Å²) in [6.07, 6.45) is 6.83. The van der Waals surface area contributed by atoms with Crippen molar-refractivity contribution in [1.29, 1.82) is 0 Å². The largest absolute Gasteiger partial charge is 0.481 e. The van der Waals surface area contributed by atoms with Crippen LogP contribution in [0.5, 0.6) is 0 Å². The number of carboxylic acids is 1. The van der Waals surface area contributed by atoms with E-state index in [2.05, 4.69) is 6.92 Å². The molecular weight excluding hydrogens is 194 g/mol. The molecule has 0 radical (unpaired) electrons. The zero-order valence-corrected chi connectivity index (χ0v) is 9.37. The molecular formula is C11H21NO3. The summed E-state index contributed by atoms with van der Waals surface area (Å²) in [6.45, 7) is 2.15. The topological polar surface area (TPSA) is 80.4 Å². The molecule has 0 aliphatic rings. The van der Waals surface area contributed by atoms with Gasteiger partial charge in [-0.25, -0.2) is 0 Å². The van der Waals surface area contributed by atoms with Crippen LogP contribution in [0.25, 0.3) is 0 Å². The minimum absolute atomic E-state index is 0.372. The van der Waals surface area contributed by atoms with E-state index >= 15 is 0 Å². The number of carbonyl (C=O) groups excluding carboxylic acids is 1. The molecule has 1 atom stereocenters. The van der Waals surface area contributed by atoms with Crippen LogP contribution in [0.3, 0.4) is 0 Å². The van der Waals surface area contributed by atoms with Crippen molar-refractivity contribution in [2.45, 2.75) is 51.9 Å². The maximum Gasteiger partial charge on any atom is 0.316 e. The second-order valence-corrected chi connectivity index (χ2v) is 3.85. The maximum atomic E-state index is 10.7. The molecule has 0 aromatic heterocycles. The molecule has 0 fully saturated rings. The minimum atomic E-state index is -1.10. The van der Waals surface area contributed by atoms with Gasteiger partial charge in [-0.15, -0.1) is 0 Å². The van der Waals surface area contributed by atoms with Crippen LogP contribution >= 0.6 is 0 Å². The average Bonchev–Trinajstić information content (AvgIpc) is 2.15. The summed E-state index contributed by atoms with van der Waals surface area (Å²) in [5.74, 6) is -2.83. The van der Waals surface area contributed by atoms with Crippen LogP contribution in [0.1, 0.15) is 51.9 Å². The molecule has 0 saturated carbocycles.